The first-order chi connectivity index (χ1) is 9.90. The number of benzene rings is 1. The smallest absolute Gasteiger partial charge is 0.242 e. The number of nitrogens with one attached hydrogen (secondary N) is 2. The number of ether oxygens (including phenoxy) is 1. The van der Waals surface area contributed by atoms with Crippen molar-refractivity contribution in [1.82, 2.24) is 10.0 Å². The Morgan fingerprint density at radius 1 is 1.38 bits per heavy atom. The van der Waals surface area contributed by atoms with Gasteiger partial charge in [-0.05, 0) is 37.6 Å². The maximum absolute atomic E-state index is 12.4. The lowest BCUT2D eigenvalue weighted by Crippen LogP contribution is -2.33. The molecule has 21 heavy (non-hydrogen) atoms. The molecule has 0 aliphatic carbocycles. The van der Waals surface area contributed by atoms with Gasteiger partial charge < -0.3 is 10.1 Å². The fraction of sp³-hybridized carbons (Fsp3) is 0.571. The minimum Gasteiger partial charge on any atom is -0.385 e. The first kappa shape index (κ1) is 18.4. The zero-order valence-electron chi connectivity index (χ0n) is 12.6. The molecule has 1 aromatic rings. The first-order valence-electron chi connectivity index (χ1n) is 6.91. The third-order valence-electron chi connectivity index (χ3n) is 2.98. The maximum Gasteiger partial charge on any atom is 0.242 e. The Kier molecular flexibility index (Phi) is 7.62. The Labute approximate surface area is 132 Å². The van der Waals surface area contributed by atoms with Gasteiger partial charge in [-0.3, -0.25) is 0 Å². The van der Waals surface area contributed by atoms with Crippen LogP contribution in [0.1, 0.15) is 25.8 Å². The van der Waals surface area contributed by atoms with Crippen LogP contribution in [0.15, 0.2) is 23.1 Å². The normalized spacial score (nSPS) is 13.3. The Morgan fingerprint density at radius 3 is 2.71 bits per heavy atom. The van der Waals surface area contributed by atoms with E-state index in [9.17, 15) is 8.42 Å². The van der Waals surface area contributed by atoms with Crippen LogP contribution < -0.4 is 10.0 Å². The van der Waals surface area contributed by atoms with Crippen LogP contribution in [0.3, 0.4) is 0 Å². The van der Waals surface area contributed by atoms with E-state index in [1.807, 2.05) is 13.0 Å². The third kappa shape index (κ3) is 5.92. The fourth-order valence-electron chi connectivity index (χ4n) is 1.81. The van der Waals surface area contributed by atoms with Crippen molar-refractivity contribution in [3.05, 3.63) is 28.8 Å². The van der Waals surface area contributed by atoms with E-state index in [1.54, 1.807) is 26.2 Å². The van der Waals surface area contributed by atoms with Crippen molar-refractivity contribution in [2.24, 2.45) is 0 Å². The minimum atomic E-state index is -3.63. The molecule has 0 spiro atoms. The highest BCUT2D eigenvalue weighted by atomic mass is 35.5. The molecule has 0 heterocycles. The van der Waals surface area contributed by atoms with Gasteiger partial charge in [-0.15, -0.1) is 0 Å². The van der Waals surface area contributed by atoms with Crippen LogP contribution in [0, 0.1) is 0 Å². The molecule has 0 fully saturated rings. The molecule has 0 bridgehead atoms. The molecule has 1 aromatic carbocycles. The van der Waals surface area contributed by atoms with Crippen LogP contribution in [0.2, 0.25) is 5.02 Å². The van der Waals surface area contributed by atoms with Gasteiger partial charge in [-0.1, -0.05) is 24.6 Å². The number of sulfonamides is 1. The Bertz CT molecular complexity index is 549. The molecule has 0 aliphatic rings. The van der Waals surface area contributed by atoms with E-state index in [1.165, 1.54) is 0 Å². The lowest BCUT2D eigenvalue weighted by molar-refractivity contribution is 0.188. The quantitative estimate of drug-likeness (QED) is 0.726. The number of hydrogen-bond acceptors (Lipinski definition) is 4. The molecule has 0 radical (unpaired) electrons. The summed E-state index contributed by atoms with van der Waals surface area (Å²) in [6.45, 7) is 5.71. The molecule has 7 heteroatoms. The largest absolute Gasteiger partial charge is 0.385 e. The number of methoxy groups -OCH3 is 1. The Balaban J connectivity index is 2.90. The van der Waals surface area contributed by atoms with Crippen LogP contribution >= 0.6 is 11.6 Å². The molecule has 0 aromatic heterocycles. The van der Waals surface area contributed by atoms with Gasteiger partial charge >= 0.3 is 0 Å². The van der Waals surface area contributed by atoms with Gasteiger partial charge in [0.05, 0.1) is 5.02 Å². The SMILES string of the molecule is CCNCc1ccc(Cl)c(S(=O)(=O)NC(C)CCOC)c1. The molecular weight excluding hydrogens is 312 g/mol. The number of halogens is 1. The molecule has 1 rings (SSSR count). The summed E-state index contributed by atoms with van der Waals surface area (Å²) in [5.41, 5.74) is 0.881. The number of rotatable bonds is 9. The summed E-state index contributed by atoms with van der Waals surface area (Å²) >= 11 is 6.04. The van der Waals surface area contributed by atoms with Crippen LogP contribution in [0.25, 0.3) is 0 Å². The van der Waals surface area contributed by atoms with Crippen molar-refractivity contribution in [3.8, 4) is 0 Å². The summed E-state index contributed by atoms with van der Waals surface area (Å²) in [7, 11) is -2.05. The van der Waals surface area contributed by atoms with E-state index in [0.29, 0.717) is 19.6 Å². The first-order valence-corrected chi connectivity index (χ1v) is 8.77. The van der Waals surface area contributed by atoms with Gasteiger partial charge in [-0.2, -0.15) is 0 Å². The zero-order valence-corrected chi connectivity index (χ0v) is 14.2. The van der Waals surface area contributed by atoms with E-state index in [0.717, 1.165) is 12.1 Å². The molecule has 0 aliphatic heterocycles. The van der Waals surface area contributed by atoms with Gasteiger partial charge in [0, 0.05) is 26.3 Å². The topological polar surface area (TPSA) is 67.4 Å². The zero-order chi connectivity index (χ0) is 15.9. The monoisotopic (exact) mass is 334 g/mol. The van der Waals surface area contributed by atoms with Gasteiger partial charge in [0.1, 0.15) is 4.90 Å². The minimum absolute atomic E-state index is 0.115. The summed E-state index contributed by atoms with van der Waals surface area (Å²) in [6, 6.07) is 4.82. The second kappa shape index (κ2) is 8.70. The van der Waals surface area contributed by atoms with E-state index < -0.39 is 10.0 Å². The highest BCUT2D eigenvalue weighted by molar-refractivity contribution is 7.89. The average molecular weight is 335 g/mol. The van der Waals surface area contributed by atoms with Gasteiger partial charge in [0.2, 0.25) is 10.0 Å². The molecule has 0 saturated carbocycles. The van der Waals surface area contributed by atoms with Crippen molar-refractivity contribution in [1.29, 1.82) is 0 Å². The average Bonchev–Trinajstić information content (AvgIpc) is 2.43. The van der Waals surface area contributed by atoms with Gasteiger partial charge in [0.15, 0.2) is 0 Å². The summed E-state index contributed by atoms with van der Waals surface area (Å²) in [5.74, 6) is 0. The summed E-state index contributed by atoms with van der Waals surface area (Å²) < 4.78 is 32.4. The molecule has 0 saturated heterocycles. The molecular formula is C14H23ClN2O3S. The van der Waals surface area contributed by atoms with Crippen molar-refractivity contribution in [2.75, 3.05) is 20.3 Å². The summed E-state index contributed by atoms with van der Waals surface area (Å²) in [6.07, 6.45) is 0.602. The summed E-state index contributed by atoms with van der Waals surface area (Å²) in [4.78, 5) is 0.115. The van der Waals surface area contributed by atoms with Crippen LogP contribution in [0.4, 0.5) is 0 Å². The van der Waals surface area contributed by atoms with E-state index in [-0.39, 0.29) is 16.0 Å². The van der Waals surface area contributed by atoms with Crippen molar-refractivity contribution in [2.45, 2.75) is 37.8 Å². The van der Waals surface area contributed by atoms with Crippen LogP contribution in [-0.2, 0) is 21.3 Å². The van der Waals surface area contributed by atoms with Crippen LogP contribution in [-0.4, -0.2) is 34.7 Å². The Hall–Kier alpha value is -0.660. The van der Waals surface area contributed by atoms with Crippen molar-refractivity contribution < 1.29 is 13.2 Å². The molecule has 1 unspecified atom stereocenters. The van der Waals surface area contributed by atoms with Gasteiger partial charge in [-0.25, -0.2) is 13.1 Å². The van der Waals surface area contributed by atoms with Gasteiger partial charge in [0.25, 0.3) is 0 Å². The second-order valence-electron chi connectivity index (χ2n) is 4.85. The van der Waals surface area contributed by atoms with E-state index in [4.69, 9.17) is 16.3 Å². The van der Waals surface area contributed by atoms with E-state index in [2.05, 4.69) is 10.0 Å². The van der Waals surface area contributed by atoms with Crippen molar-refractivity contribution in [3.63, 3.8) is 0 Å². The fourth-order valence-corrected chi connectivity index (χ4v) is 3.64. The van der Waals surface area contributed by atoms with Crippen molar-refractivity contribution >= 4 is 21.6 Å². The predicted octanol–water partition coefficient (Wildman–Crippen LogP) is 2.15. The molecule has 5 nitrogen and oxygen atoms in total. The highest BCUT2D eigenvalue weighted by Gasteiger charge is 2.20. The maximum atomic E-state index is 12.4. The molecule has 2 N–H and O–H groups in total. The molecule has 120 valence electrons. The second-order valence-corrected chi connectivity index (χ2v) is 6.94. The third-order valence-corrected chi connectivity index (χ3v) is 5.05. The lowest BCUT2D eigenvalue weighted by Gasteiger charge is -2.15. The predicted molar refractivity (Wildman–Crippen MR) is 85.1 cm³/mol. The number of hydrogen-bond donors (Lipinski definition) is 2. The summed E-state index contributed by atoms with van der Waals surface area (Å²) in [5, 5.41) is 3.38. The van der Waals surface area contributed by atoms with E-state index >= 15 is 0 Å². The standard InChI is InChI=1S/C14H23ClN2O3S/c1-4-16-10-12-5-6-13(15)14(9-12)21(18,19)17-11(2)7-8-20-3/h5-6,9,11,16-17H,4,7-8,10H2,1-3H3. The molecule has 1 atom stereocenters. The Morgan fingerprint density at radius 2 is 2.10 bits per heavy atom. The van der Waals surface area contributed by atoms with Crippen LogP contribution in [0.5, 0.6) is 0 Å². The molecule has 0 amide bonds. The lowest BCUT2D eigenvalue weighted by atomic mass is 10.2. The highest BCUT2D eigenvalue weighted by Crippen LogP contribution is 2.23.